The summed E-state index contributed by atoms with van der Waals surface area (Å²) in [5.41, 5.74) is -0.760. The Balaban J connectivity index is 2.39. The van der Waals surface area contributed by atoms with Crippen LogP contribution in [-0.2, 0) is 0 Å². The summed E-state index contributed by atoms with van der Waals surface area (Å²) >= 11 is 0. The molecule has 0 spiro atoms. The first-order chi connectivity index (χ1) is 9.88. The van der Waals surface area contributed by atoms with Crippen molar-refractivity contribution in [3.05, 3.63) is 65.0 Å². The van der Waals surface area contributed by atoms with Gasteiger partial charge in [0.2, 0.25) is 0 Å². The van der Waals surface area contributed by atoms with E-state index in [2.05, 4.69) is 5.32 Å². The van der Waals surface area contributed by atoms with Crippen molar-refractivity contribution in [2.75, 3.05) is 5.32 Å². The third-order valence-electron chi connectivity index (χ3n) is 2.74. The van der Waals surface area contributed by atoms with Crippen LogP contribution in [0.3, 0.4) is 0 Å². The fraction of sp³-hybridized carbons (Fsp3) is 0.0667. The van der Waals surface area contributed by atoms with Gasteiger partial charge in [-0.15, -0.1) is 0 Å². The van der Waals surface area contributed by atoms with Crippen LogP contribution in [0, 0.1) is 17.5 Å². The van der Waals surface area contributed by atoms with Gasteiger partial charge in [0.25, 0.3) is 5.91 Å². The van der Waals surface area contributed by atoms with Crippen molar-refractivity contribution in [1.82, 2.24) is 0 Å². The molecular formula is C15H10F3NO2. The fourth-order valence-electron chi connectivity index (χ4n) is 1.85. The average Bonchev–Trinajstić information content (AvgIpc) is 2.37. The molecule has 0 aliphatic heterocycles. The van der Waals surface area contributed by atoms with E-state index in [0.29, 0.717) is 6.07 Å². The van der Waals surface area contributed by atoms with Crippen LogP contribution in [-0.4, -0.2) is 11.7 Å². The molecule has 3 nitrogen and oxygen atoms in total. The lowest BCUT2D eigenvalue weighted by molar-refractivity contribution is 0.101. The summed E-state index contributed by atoms with van der Waals surface area (Å²) in [7, 11) is 0. The fourth-order valence-corrected chi connectivity index (χ4v) is 1.85. The van der Waals surface area contributed by atoms with Crippen LogP contribution in [0.5, 0.6) is 0 Å². The van der Waals surface area contributed by atoms with E-state index in [0.717, 1.165) is 25.1 Å². The number of Topliss-reactive ketones (excluding diaryl/α,β-unsaturated/α-hetero) is 1. The lowest BCUT2D eigenvalue weighted by atomic mass is 10.1. The summed E-state index contributed by atoms with van der Waals surface area (Å²) in [6, 6.07) is 6.16. The molecule has 0 atom stereocenters. The van der Waals surface area contributed by atoms with Crippen LogP contribution in [0.4, 0.5) is 18.9 Å². The molecule has 1 N–H and O–H groups in total. The number of amides is 1. The first-order valence-corrected chi connectivity index (χ1v) is 5.95. The number of anilines is 1. The number of halogens is 3. The van der Waals surface area contributed by atoms with Gasteiger partial charge in [0.1, 0.15) is 17.5 Å². The summed E-state index contributed by atoms with van der Waals surface area (Å²) in [6.45, 7) is 1.09. The highest BCUT2D eigenvalue weighted by Gasteiger charge is 2.18. The largest absolute Gasteiger partial charge is 0.321 e. The van der Waals surface area contributed by atoms with E-state index in [1.807, 2.05) is 0 Å². The van der Waals surface area contributed by atoms with Gasteiger partial charge in [0.15, 0.2) is 5.78 Å². The van der Waals surface area contributed by atoms with Crippen molar-refractivity contribution >= 4 is 17.4 Å². The summed E-state index contributed by atoms with van der Waals surface area (Å²) in [5.74, 6) is -4.08. The molecule has 0 bridgehead atoms. The molecule has 2 aromatic rings. The predicted octanol–water partition coefficient (Wildman–Crippen LogP) is 3.56. The summed E-state index contributed by atoms with van der Waals surface area (Å²) in [5, 5.41) is 2.21. The Morgan fingerprint density at radius 2 is 1.71 bits per heavy atom. The van der Waals surface area contributed by atoms with Crippen molar-refractivity contribution in [3.63, 3.8) is 0 Å². The molecular weight excluding hydrogens is 283 g/mol. The maximum absolute atomic E-state index is 13.6. The van der Waals surface area contributed by atoms with E-state index in [1.165, 1.54) is 12.1 Å². The van der Waals surface area contributed by atoms with Crippen molar-refractivity contribution in [2.24, 2.45) is 0 Å². The van der Waals surface area contributed by atoms with Crippen LogP contribution in [0.2, 0.25) is 0 Å². The molecule has 0 radical (unpaired) electrons. The zero-order valence-corrected chi connectivity index (χ0v) is 10.9. The normalized spacial score (nSPS) is 10.3. The molecule has 0 aliphatic rings. The quantitative estimate of drug-likeness (QED) is 0.879. The lowest BCUT2D eigenvalue weighted by Crippen LogP contribution is -2.15. The second-order valence-corrected chi connectivity index (χ2v) is 4.33. The van der Waals surface area contributed by atoms with E-state index in [4.69, 9.17) is 0 Å². The Bertz CT molecular complexity index is 729. The topological polar surface area (TPSA) is 46.2 Å². The van der Waals surface area contributed by atoms with Crippen LogP contribution >= 0.6 is 0 Å². The molecule has 108 valence electrons. The number of hydrogen-bond donors (Lipinski definition) is 1. The zero-order valence-electron chi connectivity index (χ0n) is 10.9. The molecule has 0 heterocycles. The molecule has 6 heteroatoms. The summed E-state index contributed by atoms with van der Waals surface area (Å²) < 4.78 is 39.9. The minimum atomic E-state index is -1.07. The minimum Gasteiger partial charge on any atom is -0.321 e. The third-order valence-corrected chi connectivity index (χ3v) is 2.74. The highest BCUT2D eigenvalue weighted by molar-refractivity contribution is 6.09. The van der Waals surface area contributed by atoms with Gasteiger partial charge in [-0.1, -0.05) is 6.07 Å². The van der Waals surface area contributed by atoms with Gasteiger partial charge in [-0.05, 0) is 31.2 Å². The number of hydrogen-bond acceptors (Lipinski definition) is 2. The molecule has 21 heavy (non-hydrogen) atoms. The molecule has 2 rings (SSSR count). The molecule has 0 aromatic heterocycles. The molecule has 0 saturated heterocycles. The maximum atomic E-state index is 13.6. The Hall–Kier alpha value is -2.63. The Morgan fingerprint density at radius 1 is 1.00 bits per heavy atom. The van der Waals surface area contributed by atoms with E-state index < -0.39 is 34.7 Å². The Morgan fingerprint density at radius 3 is 2.33 bits per heavy atom. The zero-order chi connectivity index (χ0) is 15.6. The molecule has 2 aromatic carbocycles. The minimum absolute atomic E-state index is 0.0332. The molecule has 1 amide bonds. The van der Waals surface area contributed by atoms with E-state index in [-0.39, 0.29) is 11.3 Å². The second kappa shape index (κ2) is 5.78. The first kappa shape index (κ1) is 14.8. The van der Waals surface area contributed by atoms with Crippen LogP contribution in [0.15, 0.2) is 36.4 Å². The number of nitrogens with one attached hydrogen (secondary N) is 1. The maximum Gasteiger partial charge on any atom is 0.255 e. The lowest BCUT2D eigenvalue weighted by Gasteiger charge is -2.10. The van der Waals surface area contributed by atoms with Crippen LogP contribution in [0.1, 0.15) is 27.6 Å². The van der Waals surface area contributed by atoms with Gasteiger partial charge in [-0.3, -0.25) is 9.59 Å². The molecule has 0 saturated carbocycles. The summed E-state index contributed by atoms with van der Waals surface area (Å²) in [6.07, 6.45) is 0. The SMILES string of the molecule is CC(=O)c1c(F)cc(F)cc1NC(=O)c1cccc(F)c1. The summed E-state index contributed by atoms with van der Waals surface area (Å²) in [4.78, 5) is 23.3. The molecule has 0 aliphatic carbocycles. The monoisotopic (exact) mass is 293 g/mol. The van der Waals surface area contributed by atoms with Gasteiger partial charge < -0.3 is 5.32 Å². The van der Waals surface area contributed by atoms with Gasteiger partial charge in [0.05, 0.1) is 11.3 Å². The molecule has 0 fully saturated rings. The number of rotatable bonds is 3. The predicted molar refractivity (Wildman–Crippen MR) is 70.7 cm³/mol. The van der Waals surface area contributed by atoms with Crippen LogP contribution in [0.25, 0.3) is 0 Å². The van der Waals surface area contributed by atoms with E-state index in [9.17, 15) is 22.8 Å². The van der Waals surface area contributed by atoms with Gasteiger partial charge in [-0.25, -0.2) is 13.2 Å². The second-order valence-electron chi connectivity index (χ2n) is 4.33. The van der Waals surface area contributed by atoms with Crippen molar-refractivity contribution < 1.29 is 22.8 Å². The highest BCUT2D eigenvalue weighted by Crippen LogP contribution is 2.22. The Kier molecular flexibility index (Phi) is 4.07. The number of benzene rings is 2. The number of carbonyl (C=O) groups is 2. The van der Waals surface area contributed by atoms with Gasteiger partial charge in [-0.2, -0.15) is 0 Å². The highest BCUT2D eigenvalue weighted by atomic mass is 19.1. The van der Waals surface area contributed by atoms with Gasteiger partial charge >= 0.3 is 0 Å². The van der Waals surface area contributed by atoms with Gasteiger partial charge in [0, 0.05) is 11.6 Å². The van der Waals surface area contributed by atoms with Crippen molar-refractivity contribution in [2.45, 2.75) is 6.92 Å². The molecule has 0 unspecified atom stereocenters. The van der Waals surface area contributed by atoms with E-state index in [1.54, 1.807) is 0 Å². The van der Waals surface area contributed by atoms with Crippen molar-refractivity contribution in [1.29, 1.82) is 0 Å². The van der Waals surface area contributed by atoms with Crippen molar-refractivity contribution in [3.8, 4) is 0 Å². The number of ketones is 1. The van der Waals surface area contributed by atoms with Crippen LogP contribution < -0.4 is 5.32 Å². The standard InChI is InChI=1S/C15H10F3NO2/c1-8(20)14-12(18)6-11(17)7-13(14)19-15(21)9-3-2-4-10(16)5-9/h2-7H,1H3,(H,19,21). The smallest absolute Gasteiger partial charge is 0.255 e. The van der Waals surface area contributed by atoms with E-state index >= 15 is 0 Å². The number of carbonyl (C=O) groups excluding carboxylic acids is 2. The first-order valence-electron chi connectivity index (χ1n) is 5.95. The Labute approximate surface area is 118 Å². The third kappa shape index (κ3) is 3.28. The average molecular weight is 293 g/mol.